The second-order valence-corrected chi connectivity index (χ2v) is 6.52. The quantitative estimate of drug-likeness (QED) is 0.636. The van der Waals surface area contributed by atoms with E-state index in [2.05, 4.69) is 15.6 Å². The van der Waals surface area contributed by atoms with Crippen molar-refractivity contribution >= 4 is 29.0 Å². The second kappa shape index (κ2) is 8.64. The van der Waals surface area contributed by atoms with E-state index in [0.717, 1.165) is 11.3 Å². The molecule has 27 heavy (non-hydrogen) atoms. The summed E-state index contributed by atoms with van der Waals surface area (Å²) in [5, 5.41) is 6.57. The van der Waals surface area contributed by atoms with Crippen molar-refractivity contribution in [3.05, 3.63) is 88.3 Å². The highest BCUT2D eigenvalue weighted by molar-refractivity contribution is 6.30. The standard InChI is InChI=1S/C21H19ClFN3O/c1-14-8-9-16(22)13-19(14)26-20-17(6-4-11-24-20)21(27)25-12-10-15-5-2-3-7-18(15)23/h2-9,11,13H,10,12H2,1H3,(H,24,26)(H,25,27). The van der Waals surface area contributed by atoms with E-state index in [1.807, 2.05) is 13.0 Å². The molecule has 1 amide bonds. The number of nitrogens with one attached hydrogen (secondary N) is 2. The van der Waals surface area contributed by atoms with E-state index in [4.69, 9.17) is 11.6 Å². The first kappa shape index (κ1) is 18.9. The molecule has 1 heterocycles. The molecule has 4 nitrogen and oxygen atoms in total. The van der Waals surface area contributed by atoms with Crippen LogP contribution in [-0.2, 0) is 6.42 Å². The van der Waals surface area contributed by atoms with Gasteiger partial charge in [-0.05, 0) is 54.8 Å². The zero-order chi connectivity index (χ0) is 19.2. The normalized spacial score (nSPS) is 10.5. The highest BCUT2D eigenvalue weighted by Gasteiger charge is 2.13. The molecule has 3 rings (SSSR count). The Balaban J connectivity index is 1.70. The van der Waals surface area contributed by atoms with Crippen molar-refractivity contribution in [1.82, 2.24) is 10.3 Å². The van der Waals surface area contributed by atoms with E-state index >= 15 is 0 Å². The Morgan fingerprint density at radius 3 is 2.78 bits per heavy atom. The molecule has 2 aromatic carbocycles. The summed E-state index contributed by atoms with van der Waals surface area (Å²) >= 11 is 6.05. The topological polar surface area (TPSA) is 54.0 Å². The highest BCUT2D eigenvalue weighted by atomic mass is 35.5. The number of anilines is 2. The number of hydrogen-bond acceptors (Lipinski definition) is 3. The maximum absolute atomic E-state index is 13.7. The van der Waals surface area contributed by atoms with Crippen molar-refractivity contribution in [3.8, 4) is 0 Å². The van der Waals surface area contributed by atoms with E-state index in [1.165, 1.54) is 6.07 Å². The number of nitrogens with zero attached hydrogens (tertiary/aromatic N) is 1. The molecular formula is C21H19ClFN3O. The van der Waals surface area contributed by atoms with Crippen molar-refractivity contribution in [2.45, 2.75) is 13.3 Å². The predicted octanol–water partition coefficient (Wildman–Crippen LogP) is 4.90. The molecule has 138 valence electrons. The molecule has 1 aromatic heterocycles. The van der Waals surface area contributed by atoms with Gasteiger partial charge >= 0.3 is 0 Å². The van der Waals surface area contributed by atoms with Gasteiger partial charge in [0, 0.05) is 23.5 Å². The van der Waals surface area contributed by atoms with Gasteiger partial charge in [0.1, 0.15) is 11.6 Å². The molecule has 2 N–H and O–H groups in total. The first-order valence-electron chi connectivity index (χ1n) is 8.54. The van der Waals surface area contributed by atoms with E-state index in [-0.39, 0.29) is 11.7 Å². The fourth-order valence-electron chi connectivity index (χ4n) is 2.65. The van der Waals surface area contributed by atoms with Crippen molar-refractivity contribution in [1.29, 1.82) is 0 Å². The van der Waals surface area contributed by atoms with Crippen molar-refractivity contribution < 1.29 is 9.18 Å². The molecule has 6 heteroatoms. The number of aryl methyl sites for hydroxylation is 1. The van der Waals surface area contributed by atoms with Crippen LogP contribution in [0.2, 0.25) is 5.02 Å². The molecule has 0 spiro atoms. The fraction of sp³-hybridized carbons (Fsp3) is 0.143. The number of pyridine rings is 1. The van der Waals surface area contributed by atoms with Gasteiger partial charge in [-0.3, -0.25) is 4.79 Å². The molecule has 0 saturated carbocycles. The van der Waals surface area contributed by atoms with E-state index < -0.39 is 0 Å². The van der Waals surface area contributed by atoms with Crippen molar-refractivity contribution in [3.63, 3.8) is 0 Å². The van der Waals surface area contributed by atoms with Gasteiger partial charge in [-0.25, -0.2) is 9.37 Å². The van der Waals surface area contributed by atoms with Crippen LogP contribution in [0.15, 0.2) is 60.8 Å². The van der Waals surface area contributed by atoms with Crippen LogP contribution >= 0.6 is 11.6 Å². The minimum Gasteiger partial charge on any atom is -0.352 e. The lowest BCUT2D eigenvalue weighted by Gasteiger charge is -2.13. The van der Waals surface area contributed by atoms with Crippen molar-refractivity contribution in [2.24, 2.45) is 0 Å². The first-order chi connectivity index (χ1) is 13.0. The Kier molecular flexibility index (Phi) is 6.04. The third kappa shape index (κ3) is 4.83. The third-order valence-corrected chi connectivity index (χ3v) is 4.38. The predicted molar refractivity (Wildman–Crippen MR) is 106 cm³/mol. The van der Waals surface area contributed by atoms with Crippen LogP contribution in [-0.4, -0.2) is 17.4 Å². The van der Waals surface area contributed by atoms with Crippen LogP contribution in [0, 0.1) is 12.7 Å². The van der Waals surface area contributed by atoms with Crippen LogP contribution in [0.5, 0.6) is 0 Å². The summed E-state index contributed by atoms with van der Waals surface area (Å²) in [7, 11) is 0. The van der Waals surface area contributed by atoms with Crippen molar-refractivity contribution in [2.75, 3.05) is 11.9 Å². The van der Waals surface area contributed by atoms with E-state index in [9.17, 15) is 9.18 Å². The van der Waals surface area contributed by atoms with Crippen LogP contribution in [0.1, 0.15) is 21.5 Å². The van der Waals surface area contributed by atoms with Gasteiger partial charge in [-0.15, -0.1) is 0 Å². The molecule has 0 aliphatic rings. The Bertz CT molecular complexity index is 962. The number of carbonyl (C=O) groups is 1. The zero-order valence-corrected chi connectivity index (χ0v) is 15.6. The summed E-state index contributed by atoms with van der Waals surface area (Å²) in [6, 6.07) is 15.4. The van der Waals surface area contributed by atoms with E-state index in [1.54, 1.807) is 48.7 Å². The average Bonchev–Trinajstić information content (AvgIpc) is 2.66. The Labute approximate surface area is 162 Å². The smallest absolute Gasteiger partial charge is 0.255 e. The molecule has 0 atom stereocenters. The monoisotopic (exact) mass is 383 g/mol. The van der Waals surface area contributed by atoms with Gasteiger partial charge < -0.3 is 10.6 Å². The number of aromatic nitrogens is 1. The van der Waals surface area contributed by atoms with Gasteiger partial charge in [0.15, 0.2) is 0 Å². The Hall–Kier alpha value is -2.92. The fourth-order valence-corrected chi connectivity index (χ4v) is 2.82. The SMILES string of the molecule is Cc1ccc(Cl)cc1Nc1ncccc1C(=O)NCCc1ccccc1F. The number of rotatable bonds is 6. The van der Waals surface area contributed by atoms with Gasteiger partial charge in [0.2, 0.25) is 0 Å². The Morgan fingerprint density at radius 2 is 1.96 bits per heavy atom. The molecule has 0 fully saturated rings. The molecule has 0 saturated heterocycles. The maximum Gasteiger partial charge on any atom is 0.255 e. The minimum absolute atomic E-state index is 0.271. The molecule has 0 aliphatic heterocycles. The molecule has 0 radical (unpaired) electrons. The summed E-state index contributed by atoms with van der Waals surface area (Å²) < 4.78 is 13.7. The zero-order valence-electron chi connectivity index (χ0n) is 14.8. The number of benzene rings is 2. The summed E-state index contributed by atoms with van der Waals surface area (Å²) in [6.45, 7) is 2.26. The highest BCUT2D eigenvalue weighted by Crippen LogP contribution is 2.25. The number of hydrogen-bond donors (Lipinski definition) is 2. The summed E-state index contributed by atoms with van der Waals surface area (Å²) in [5.74, 6) is -0.111. The first-order valence-corrected chi connectivity index (χ1v) is 8.92. The van der Waals surface area contributed by atoms with Crippen LogP contribution < -0.4 is 10.6 Å². The van der Waals surface area contributed by atoms with E-state index in [0.29, 0.717) is 34.9 Å². The molecule has 0 aliphatic carbocycles. The molecule has 0 unspecified atom stereocenters. The number of carbonyl (C=O) groups excluding carboxylic acids is 1. The second-order valence-electron chi connectivity index (χ2n) is 6.08. The van der Waals surface area contributed by atoms with Gasteiger partial charge in [0.05, 0.1) is 5.56 Å². The molecule has 0 bridgehead atoms. The summed E-state index contributed by atoms with van der Waals surface area (Å²) in [6.07, 6.45) is 2.02. The summed E-state index contributed by atoms with van der Waals surface area (Å²) in [5.41, 5.74) is 2.74. The lowest BCUT2D eigenvalue weighted by atomic mass is 10.1. The Morgan fingerprint density at radius 1 is 1.15 bits per heavy atom. The third-order valence-electron chi connectivity index (χ3n) is 4.14. The lowest BCUT2D eigenvalue weighted by molar-refractivity contribution is 0.0954. The van der Waals surface area contributed by atoms with Crippen LogP contribution in [0.3, 0.4) is 0 Å². The average molecular weight is 384 g/mol. The van der Waals surface area contributed by atoms with Gasteiger partial charge in [-0.2, -0.15) is 0 Å². The van der Waals surface area contributed by atoms with Gasteiger partial charge in [-0.1, -0.05) is 35.9 Å². The molecular weight excluding hydrogens is 365 g/mol. The van der Waals surface area contributed by atoms with Crippen LogP contribution in [0.4, 0.5) is 15.9 Å². The largest absolute Gasteiger partial charge is 0.352 e. The van der Waals surface area contributed by atoms with Crippen LogP contribution in [0.25, 0.3) is 0 Å². The maximum atomic E-state index is 13.7. The number of amides is 1. The minimum atomic E-state index is -0.276. The lowest BCUT2D eigenvalue weighted by Crippen LogP contribution is -2.26. The molecule has 3 aromatic rings. The summed E-state index contributed by atoms with van der Waals surface area (Å²) in [4.78, 5) is 16.8. The number of halogens is 2. The van der Waals surface area contributed by atoms with Gasteiger partial charge in [0.25, 0.3) is 5.91 Å².